The third kappa shape index (κ3) is 5.81. The number of hydrogen-bond donors (Lipinski definition) is 2. The van der Waals surface area contributed by atoms with Gasteiger partial charge in [-0.25, -0.2) is 0 Å². The van der Waals surface area contributed by atoms with Crippen LogP contribution in [0.1, 0.15) is 0 Å². The van der Waals surface area contributed by atoms with E-state index >= 15 is 0 Å². The van der Waals surface area contributed by atoms with Crippen LogP contribution in [0.3, 0.4) is 0 Å². The maximum absolute atomic E-state index is 11.3. The van der Waals surface area contributed by atoms with Crippen LogP contribution < -0.4 is 0 Å². The summed E-state index contributed by atoms with van der Waals surface area (Å²) in [5.74, 6) is 0. The van der Waals surface area contributed by atoms with E-state index in [0.29, 0.717) is 26.2 Å². The summed E-state index contributed by atoms with van der Waals surface area (Å²) in [5, 5.41) is 27.2. The molecule has 1 aliphatic heterocycles. The third-order valence-electron chi connectivity index (χ3n) is 8.71. The van der Waals surface area contributed by atoms with Gasteiger partial charge in [-0.3, -0.25) is 9.80 Å². The number of para-hydroxylation sites is 2. The number of fused-ring (bicyclic) bond motifs is 6. The third-order valence-corrected chi connectivity index (χ3v) is 10.3. The summed E-state index contributed by atoms with van der Waals surface area (Å²) in [5.41, 5.74) is 4.53. The second-order valence-electron chi connectivity index (χ2n) is 11.6. The first-order valence-electron chi connectivity index (χ1n) is 14.7. The van der Waals surface area contributed by atoms with E-state index in [9.17, 15) is 10.2 Å². The van der Waals surface area contributed by atoms with Crippen molar-refractivity contribution in [3.8, 4) is 0 Å². The van der Waals surface area contributed by atoms with Gasteiger partial charge in [0.2, 0.25) is 0 Å². The first-order valence-corrected chi connectivity index (χ1v) is 17.1. The van der Waals surface area contributed by atoms with Gasteiger partial charge in [0.25, 0.3) is 0 Å². The summed E-state index contributed by atoms with van der Waals surface area (Å²) in [7, 11) is 0. The van der Waals surface area contributed by atoms with E-state index in [0.717, 1.165) is 72.4 Å². The van der Waals surface area contributed by atoms with Crippen molar-refractivity contribution in [2.75, 3.05) is 39.3 Å². The molecule has 0 spiro atoms. The molecule has 222 valence electrons. The molecule has 0 aliphatic carbocycles. The Labute approximate surface area is 275 Å². The van der Waals surface area contributed by atoms with Crippen molar-refractivity contribution < 1.29 is 10.2 Å². The van der Waals surface area contributed by atoms with Crippen molar-refractivity contribution >= 4 is 91.4 Å². The number of benzene rings is 4. The molecule has 0 amide bonds. The zero-order valence-corrected chi connectivity index (χ0v) is 28.4. The lowest BCUT2D eigenvalue weighted by Crippen LogP contribution is -2.50. The molecule has 1 aliphatic rings. The Morgan fingerprint density at radius 1 is 0.535 bits per heavy atom. The lowest BCUT2D eigenvalue weighted by atomic mass is 10.2. The topological polar surface area (TPSA) is 56.8 Å². The summed E-state index contributed by atoms with van der Waals surface area (Å²) in [6.07, 6.45) is -0.976. The van der Waals surface area contributed by atoms with Crippen LogP contribution in [0.2, 0.25) is 0 Å². The number of halogens is 3. The Morgan fingerprint density at radius 2 is 1.05 bits per heavy atom. The summed E-state index contributed by atoms with van der Waals surface area (Å²) in [4.78, 5) is 4.69. The van der Waals surface area contributed by atoms with Crippen LogP contribution in [-0.2, 0) is 13.1 Å². The predicted octanol–water partition coefficient (Wildman–Crippen LogP) is 7.23. The van der Waals surface area contributed by atoms with Crippen LogP contribution in [0.15, 0.2) is 92.3 Å². The predicted molar refractivity (Wildman–Crippen MR) is 187 cm³/mol. The molecule has 2 atom stereocenters. The number of aliphatic hydroxyl groups is 2. The van der Waals surface area contributed by atoms with Gasteiger partial charge in [-0.1, -0.05) is 68.3 Å². The standard InChI is InChI=1S/C34H33Br3N4O2/c35-22-9-10-33-28(15-22)29-16-23(36)17-30(37)34(29)41(33)21-25(43)19-39-13-11-38(12-14-39)18-24(42)20-40-31-7-3-1-5-26(31)27-6-2-4-8-32(27)40/h1-10,15-17,24-25,42-43H,11-14,18-21H2/t24-,25-/m0/s1. The smallest absolute Gasteiger partial charge is 0.0845 e. The maximum Gasteiger partial charge on any atom is 0.0845 e. The van der Waals surface area contributed by atoms with Crippen LogP contribution in [-0.4, -0.2) is 80.6 Å². The van der Waals surface area contributed by atoms with Gasteiger partial charge in [0, 0.05) is 90.8 Å². The van der Waals surface area contributed by atoms with Gasteiger partial charge in [0.05, 0.1) is 30.8 Å². The maximum atomic E-state index is 11.3. The number of piperazine rings is 1. The van der Waals surface area contributed by atoms with E-state index in [1.807, 2.05) is 0 Å². The van der Waals surface area contributed by atoms with Crippen molar-refractivity contribution in [1.82, 2.24) is 18.9 Å². The number of β-amino-alcohol motifs (C(OH)–C–C–N with tert-alkyl or cyclic N) is 2. The molecule has 0 bridgehead atoms. The highest BCUT2D eigenvalue weighted by molar-refractivity contribution is 9.11. The van der Waals surface area contributed by atoms with Gasteiger partial charge in [-0.2, -0.15) is 0 Å². The Balaban J connectivity index is 0.988. The van der Waals surface area contributed by atoms with Crippen LogP contribution in [0, 0.1) is 0 Å². The van der Waals surface area contributed by atoms with Crippen molar-refractivity contribution in [3.63, 3.8) is 0 Å². The number of aromatic nitrogens is 2. The minimum Gasteiger partial charge on any atom is -0.390 e. The lowest BCUT2D eigenvalue weighted by Gasteiger charge is -2.36. The fourth-order valence-corrected chi connectivity index (χ4v) is 8.60. The average Bonchev–Trinajstić information content (AvgIpc) is 3.46. The fourth-order valence-electron chi connectivity index (χ4n) is 6.80. The van der Waals surface area contributed by atoms with Crippen LogP contribution >= 0.6 is 47.8 Å². The molecule has 4 aromatic carbocycles. The second kappa shape index (κ2) is 12.3. The minimum atomic E-state index is -0.509. The minimum absolute atomic E-state index is 0.467. The van der Waals surface area contributed by atoms with Crippen molar-refractivity contribution in [2.45, 2.75) is 25.3 Å². The van der Waals surface area contributed by atoms with Gasteiger partial charge in [0.15, 0.2) is 0 Å². The van der Waals surface area contributed by atoms with Crippen LogP contribution in [0.4, 0.5) is 0 Å². The highest BCUT2D eigenvalue weighted by Gasteiger charge is 2.23. The Morgan fingerprint density at radius 3 is 1.65 bits per heavy atom. The second-order valence-corrected chi connectivity index (χ2v) is 14.3. The molecule has 2 N–H and O–H groups in total. The Bertz CT molecular complexity index is 1890. The molecule has 3 heterocycles. The summed E-state index contributed by atoms with van der Waals surface area (Å²) >= 11 is 11.0. The average molecular weight is 769 g/mol. The molecule has 9 heteroatoms. The van der Waals surface area contributed by atoms with Gasteiger partial charge in [-0.15, -0.1) is 0 Å². The molecular weight excluding hydrogens is 736 g/mol. The van der Waals surface area contributed by atoms with Crippen molar-refractivity contribution in [2.24, 2.45) is 0 Å². The Hall–Kier alpha value is -2.24. The number of nitrogens with zero attached hydrogens (tertiary/aromatic N) is 4. The fraction of sp³-hybridized carbons (Fsp3) is 0.294. The molecule has 6 nitrogen and oxygen atoms in total. The van der Waals surface area contributed by atoms with Crippen molar-refractivity contribution in [1.29, 1.82) is 0 Å². The molecule has 2 aromatic heterocycles. The molecule has 6 aromatic rings. The normalized spacial score (nSPS) is 16.6. The van der Waals surface area contributed by atoms with Gasteiger partial charge in [-0.05, 0) is 58.4 Å². The monoisotopic (exact) mass is 766 g/mol. The SMILES string of the molecule is O[C@@H](CN1CCN(C[C@H](O)Cn2c3ccc(Br)cc3c3cc(Br)cc(Br)c32)CC1)Cn1c2ccccc2c2ccccc21. The zero-order valence-electron chi connectivity index (χ0n) is 23.6. The number of aliphatic hydroxyl groups excluding tert-OH is 2. The van der Waals surface area contributed by atoms with Gasteiger partial charge in [0.1, 0.15) is 0 Å². The highest BCUT2D eigenvalue weighted by atomic mass is 79.9. The molecule has 1 saturated heterocycles. The molecule has 0 unspecified atom stereocenters. The molecular formula is C34H33Br3N4O2. The summed E-state index contributed by atoms with van der Waals surface area (Å²) < 4.78 is 7.55. The first-order chi connectivity index (χ1) is 20.9. The molecule has 7 rings (SSSR count). The van der Waals surface area contributed by atoms with E-state index in [1.54, 1.807) is 0 Å². The van der Waals surface area contributed by atoms with E-state index in [1.165, 1.54) is 10.8 Å². The van der Waals surface area contributed by atoms with Crippen LogP contribution in [0.25, 0.3) is 43.6 Å². The zero-order chi connectivity index (χ0) is 29.7. The molecule has 0 radical (unpaired) electrons. The molecule has 1 fully saturated rings. The summed E-state index contributed by atoms with van der Waals surface area (Å²) in [6.45, 7) is 5.82. The van der Waals surface area contributed by atoms with Gasteiger partial charge < -0.3 is 19.3 Å². The summed E-state index contributed by atoms with van der Waals surface area (Å²) in [6, 6.07) is 27.4. The van der Waals surface area contributed by atoms with Gasteiger partial charge >= 0.3 is 0 Å². The molecule has 0 saturated carbocycles. The van der Waals surface area contributed by atoms with E-state index in [-0.39, 0.29) is 0 Å². The first kappa shape index (κ1) is 29.5. The lowest BCUT2D eigenvalue weighted by molar-refractivity contribution is 0.0415. The highest BCUT2D eigenvalue weighted by Crippen LogP contribution is 2.37. The Kier molecular flexibility index (Phi) is 8.41. The van der Waals surface area contributed by atoms with E-state index in [4.69, 9.17) is 0 Å². The van der Waals surface area contributed by atoms with E-state index < -0.39 is 12.2 Å². The number of rotatable bonds is 8. The number of hydrogen-bond acceptors (Lipinski definition) is 4. The van der Waals surface area contributed by atoms with Crippen molar-refractivity contribution in [3.05, 3.63) is 92.3 Å². The van der Waals surface area contributed by atoms with E-state index in [2.05, 4.69) is 146 Å². The largest absolute Gasteiger partial charge is 0.390 e. The van der Waals surface area contributed by atoms with Crippen LogP contribution in [0.5, 0.6) is 0 Å². The molecule has 43 heavy (non-hydrogen) atoms. The quantitative estimate of drug-likeness (QED) is 0.172.